The Balaban J connectivity index is 2.20. The van der Waals surface area contributed by atoms with Crippen molar-refractivity contribution in [1.82, 2.24) is 9.97 Å². The van der Waals surface area contributed by atoms with Crippen molar-refractivity contribution in [2.75, 3.05) is 5.32 Å². The predicted octanol–water partition coefficient (Wildman–Crippen LogP) is 2.63. The van der Waals surface area contributed by atoms with E-state index < -0.39 is 11.9 Å². The van der Waals surface area contributed by atoms with Crippen molar-refractivity contribution in [2.24, 2.45) is 0 Å². The van der Waals surface area contributed by atoms with E-state index in [9.17, 15) is 9.18 Å². The lowest BCUT2D eigenvalue weighted by atomic mass is 10.2. The molecule has 6 heteroatoms. The zero-order valence-corrected chi connectivity index (χ0v) is 10.1. The minimum Gasteiger partial charge on any atom is -0.306 e. The number of hydrogen-bond acceptors (Lipinski definition) is 3. The van der Waals surface area contributed by atoms with Gasteiger partial charge in [-0.3, -0.25) is 4.79 Å². The number of carbonyl (C=O) groups is 1. The molecule has 0 saturated heterocycles. The average molecular weight is 296 g/mol. The second-order valence-corrected chi connectivity index (χ2v) is 3.95. The smallest absolute Gasteiger partial charge is 0.261 e. The molecule has 1 N–H and O–H groups in total. The van der Waals surface area contributed by atoms with Crippen LogP contribution in [0, 0.1) is 5.95 Å². The van der Waals surface area contributed by atoms with Gasteiger partial charge in [0.25, 0.3) is 5.91 Å². The van der Waals surface area contributed by atoms with Gasteiger partial charge in [-0.05, 0) is 40.2 Å². The maximum atomic E-state index is 13.2. The van der Waals surface area contributed by atoms with Gasteiger partial charge in [0.05, 0.1) is 5.56 Å². The first-order chi connectivity index (χ1) is 8.16. The normalized spacial score (nSPS) is 10.0. The molecule has 2 aromatic rings. The second kappa shape index (κ2) is 5.01. The third-order valence-corrected chi connectivity index (χ3v) is 2.40. The van der Waals surface area contributed by atoms with Crippen LogP contribution in [0.15, 0.2) is 41.1 Å². The van der Waals surface area contributed by atoms with Gasteiger partial charge in [0.15, 0.2) is 0 Å². The molecule has 86 valence electrons. The number of carbonyl (C=O) groups excluding carboxylic acids is 1. The highest BCUT2D eigenvalue weighted by molar-refractivity contribution is 9.10. The SMILES string of the molecule is O=C(Nc1cccc(Br)n1)c1cccnc1F. The number of anilines is 1. The first kappa shape index (κ1) is 11.7. The number of halogens is 2. The molecular formula is C11H7BrFN3O. The summed E-state index contributed by atoms with van der Waals surface area (Å²) < 4.78 is 13.8. The number of pyridine rings is 2. The Bertz CT molecular complexity index is 562. The van der Waals surface area contributed by atoms with Crippen LogP contribution >= 0.6 is 15.9 Å². The topological polar surface area (TPSA) is 54.9 Å². The molecule has 0 fully saturated rings. The summed E-state index contributed by atoms with van der Waals surface area (Å²) in [5.74, 6) is -1.05. The molecule has 2 aromatic heterocycles. The molecule has 2 heterocycles. The number of hydrogen-bond donors (Lipinski definition) is 1. The Labute approximate surface area is 105 Å². The predicted molar refractivity (Wildman–Crippen MR) is 64.1 cm³/mol. The summed E-state index contributed by atoms with van der Waals surface area (Å²) in [6.45, 7) is 0. The fourth-order valence-corrected chi connectivity index (χ4v) is 1.56. The van der Waals surface area contributed by atoms with E-state index in [1.807, 2.05) is 0 Å². The van der Waals surface area contributed by atoms with E-state index in [0.717, 1.165) is 0 Å². The van der Waals surface area contributed by atoms with E-state index >= 15 is 0 Å². The summed E-state index contributed by atoms with van der Waals surface area (Å²) in [5, 5.41) is 2.48. The standard InChI is InChI=1S/C11H7BrFN3O/c12-8-4-1-5-9(15-8)16-11(17)7-3-2-6-14-10(7)13/h1-6H,(H,15,16,17). The van der Waals surface area contributed by atoms with Gasteiger partial charge in [0, 0.05) is 6.20 Å². The van der Waals surface area contributed by atoms with Crippen LogP contribution in [0.2, 0.25) is 0 Å². The Hall–Kier alpha value is -1.82. The fraction of sp³-hybridized carbons (Fsp3) is 0. The van der Waals surface area contributed by atoms with Crippen LogP contribution in [0.5, 0.6) is 0 Å². The maximum Gasteiger partial charge on any atom is 0.261 e. The monoisotopic (exact) mass is 295 g/mol. The van der Waals surface area contributed by atoms with Crippen molar-refractivity contribution < 1.29 is 9.18 Å². The largest absolute Gasteiger partial charge is 0.306 e. The molecule has 4 nitrogen and oxygen atoms in total. The summed E-state index contributed by atoms with van der Waals surface area (Å²) in [4.78, 5) is 19.1. The summed E-state index contributed by atoms with van der Waals surface area (Å²) >= 11 is 3.17. The molecule has 0 aliphatic rings. The maximum absolute atomic E-state index is 13.2. The molecule has 0 radical (unpaired) electrons. The van der Waals surface area contributed by atoms with Crippen LogP contribution in [0.1, 0.15) is 10.4 Å². The highest BCUT2D eigenvalue weighted by Crippen LogP contribution is 2.12. The molecule has 2 rings (SSSR count). The average Bonchev–Trinajstić information content (AvgIpc) is 2.29. The first-order valence-corrected chi connectivity index (χ1v) is 5.50. The molecule has 17 heavy (non-hydrogen) atoms. The van der Waals surface area contributed by atoms with Crippen LogP contribution in [-0.4, -0.2) is 15.9 Å². The number of amides is 1. The van der Waals surface area contributed by atoms with Gasteiger partial charge in [-0.15, -0.1) is 0 Å². The first-order valence-electron chi connectivity index (χ1n) is 4.71. The number of rotatable bonds is 2. The van der Waals surface area contributed by atoms with Crippen molar-refractivity contribution in [3.05, 3.63) is 52.6 Å². The van der Waals surface area contributed by atoms with E-state index in [1.54, 1.807) is 18.2 Å². The third kappa shape index (κ3) is 2.85. The van der Waals surface area contributed by atoms with Crippen molar-refractivity contribution >= 4 is 27.7 Å². The van der Waals surface area contributed by atoms with E-state index in [4.69, 9.17) is 0 Å². The van der Waals surface area contributed by atoms with E-state index in [1.165, 1.54) is 18.3 Å². The van der Waals surface area contributed by atoms with Crippen molar-refractivity contribution in [2.45, 2.75) is 0 Å². The molecule has 1 amide bonds. The molecule has 0 atom stereocenters. The molecule has 0 spiro atoms. The zero-order valence-electron chi connectivity index (χ0n) is 8.52. The summed E-state index contributed by atoms with van der Waals surface area (Å²) in [7, 11) is 0. The summed E-state index contributed by atoms with van der Waals surface area (Å²) in [6, 6.07) is 7.89. The molecular weight excluding hydrogens is 289 g/mol. The van der Waals surface area contributed by atoms with Gasteiger partial charge in [-0.2, -0.15) is 4.39 Å². The van der Waals surface area contributed by atoms with Gasteiger partial charge in [0.1, 0.15) is 10.4 Å². The summed E-state index contributed by atoms with van der Waals surface area (Å²) in [6.07, 6.45) is 1.28. The molecule has 0 aliphatic heterocycles. The zero-order chi connectivity index (χ0) is 12.3. The van der Waals surface area contributed by atoms with Gasteiger partial charge < -0.3 is 5.32 Å². The number of nitrogens with zero attached hydrogens (tertiary/aromatic N) is 2. The Kier molecular flexibility index (Phi) is 3.43. The van der Waals surface area contributed by atoms with Crippen LogP contribution < -0.4 is 5.32 Å². The highest BCUT2D eigenvalue weighted by Gasteiger charge is 2.12. The molecule has 0 unspecified atom stereocenters. The van der Waals surface area contributed by atoms with Gasteiger partial charge in [-0.25, -0.2) is 9.97 Å². The Morgan fingerprint density at radius 3 is 2.82 bits per heavy atom. The van der Waals surface area contributed by atoms with Crippen LogP contribution in [0.25, 0.3) is 0 Å². The van der Waals surface area contributed by atoms with E-state index in [0.29, 0.717) is 10.4 Å². The molecule has 0 aliphatic carbocycles. The van der Waals surface area contributed by atoms with Gasteiger partial charge in [-0.1, -0.05) is 6.07 Å². The van der Waals surface area contributed by atoms with Crippen molar-refractivity contribution in [1.29, 1.82) is 0 Å². The van der Waals surface area contributed by atoms with Crippen molar-refractivity contribution in [3.8, 4) is 0 Å². The highest BCUT2D eigenvalue weighted by atomic mass is 79.9. The van der Waals surface area contributed by atoms with Crippen LogP contribution in [0.3, 0.4) is 0 Å². The van der Waals surface area contributed by atoms with Gasteiger partial charge >= 0.3 is 0 Å². The van der Waals surface area contributed by atoms with Gasteiger partial charge in [0.2, 0.25) is 5.95 Å². The fourth-order valence-electron chi connectivity index (χ4n) is 1.22. The lowest BCUT2D eigenvalue weighted by molar-refractivity contribution is 0.102. The Morgan fingerprint density at radius 2 is 2.12 bits per heavy atom. The molecule has 0 saturated carbocycles. The lowest BCUT2D eigenvalue weighted by Gasteiger charge is -2.04. The summed E-state index contributed by atoms with van der Waals surface area (Å²) in [5.41, 5.74) is -0.116. The minimum absolute atomic E-state index is 0.116. The molecule has 0 aromatic carbocycles. The van der Waals surface area contributed by atoms with Crippen molar-refractivity contribution in [3.63, 3.8) is 0 Å². The Morgan fingerprint density at radius 1 is 1.29 bits per heavy atom. The number of aromatic nitrogens is 2. The van der Waals surface area contributed by atoms with Crippen LogP contribution in [-0.2, 0) is 0 Å². The minimum atomic E-state index is -0.806. The second-order valence-electron chi connectivity index (χ2n) is 3.14. The lowest BCUT2D eigenvalue weighted by Crippen LogP contribution is -2.15. The number of nitrogens with one attached hydrogen (secondary N) is 1. The van der Waals surface area contributed by atoms with E-state index in [-0.39, 0.29) is 5.56 Å². The third-order valence-electron chi connectivity index (χ3n) is 1.96. The molecule has 0 bridgehead atoms. The quantitative estimate of drug-likeness (QED) is 0.867. The van der Waals surface area contributed by atoms with Crippen LogP contribution in [0.4, 0.5) is 10.2 Å². The van der Waals surface area contributed by atoms with E-state index in [2.05, 4.69) is 31.2 Å².